The molecule has 0 atom stereocenters. The van der Waals surface area contributed by atoms with E-state index in [1.54, 1.807) is 19.2 Å². The fourth-order valence-corrected chi connectivity index (χ4v) is 5.60. The maximum Gasteiger partial charge on any atom is 0.416 e. The molecule has 4 N–H and O–H groups in total. The number of piperazine rings is 1. The fraction of sp³-hybridized carbons (Fsp3) is 0.433. The Balaban J connectivity index is 1.20. The average Bonchev–Trinajstić information content (AvgIpc) is 3.02. The Labute approximate surface area is 254 Å². The SMILES string of the molecule is Cc1ncc(NC(=O)c2cc(C(F)(F)F)ccn2)cc1N(N)CC(=N)c1cncc(N2CCC(N3CCN(C)CC3)CC2)c1. The Morgan fingerprint density at radius 1 is 1.07 bits per heavy atom. The molecule has 0 aromatic carbocycles. The molecule has 0 saturated carbocycles. The Morgan fingerprint density at radius 3 is 2.50 bits per heavy atom. The third-order valence-corrected chi connectivity index (χ3v) is 8.23. The summed E-state index contributed by atoms with van der Waals surface area (Å²) >= 11 is 0. The van der Waals surface area contributed by atoms with Crippen LogP contribution in [0.1, 0.15) is 40.2 Å². The zero-order chi connectivity index (χ0) is 31.4. The number of pyridine rings is 3. The number of alkyl halides is 3. The summed E-state index contributed by atoms with van der Waals surface area (Å²) in [7, 11) is 2.17. The quantitative estimate of drug-likeness (QED) is 0.200. The van der Waals surface area contributed by atoms with Crippen LogP contribution in [-0.2, 0) is 6.18 Å². The van der Waals surface area contributed by atoms with E-state index in [0.29, 0.717) is 29.1 Å². The monoisotopic (exact) mass is 610 g/mol. The van der Waals surface area contributed by atoms with Gasteiger partial charge in [-0.2, -0.15) is 13.2 Å². The number of hydrogen-bond acceptors (Lipinski definition) is 10. The third kappa shape index (κ3) is 7.49. The molecule has 3 aromatic rings. The maximum atomic E-state index is 13.1. The van der Waals surface area contributed by atoms with E-state index in [2.05, 4.69) is 42.0 Å². The lowest BCUT2D eigenvalue weighted by Gasteiger charge is -2.42. The molecule has 234 valence electrons. The second-order valence-electron chi connectivity index (χ2n) is 11.3. The van der Waals surface area contributed by atoms with Gasteiger partial charge in [-0.05, 0) is 51.1 Å². The summed E-state index contributed by atoms with van der Waals surface area (Å²) in [5, 5.41) is 12.6. The number of nitrogens with zero attached hydrogens (tertiary/aromatic N) is 7. The first-order valence-electron chi connectivity index (χ1n) is 14.5. The summed E-state index contributed by atoms with van der Waals surface area (Å²) in [5.74, 6) is 5.53. The summed E-state index contributed by atoms with van der Waals surface area (Å²) in [6, 6.07) is 5.60. The van der Waals surface area contributed by atoms with Crippen LogP contribution < -0.4 is 21.1 Å². The number of halogens is 3. The van der Waals surface area contributed by atoms with Crippen LogP contribution in [0.4, 0.5) is 30.2 Å². The van der Waals surface area contributed by atoms with E-state index in [1.165, 1.54) is 11.2 Å². The Morgan fingerprint density at radius 2 is 1.80 bits per heavy atom. The number of likely N-dealkylation sites (N-methyl/N-ethyl adjacent to an activating group) is 1. The van der Waals surface area contributed by atoms with Crippen LogP contribution in [0.2, 0.25) is 0 Å². The first kappa shape index (κ1) is 31.3. The molecule has 11 nitrogen and oxygen atoms in total. The molecule has 0 unspecified atom stereocenters. The average molecular weight is 611 g/mol. The summed E-state index contributed by atoms with van der Waals surface area (Å²) < 4.78 is 39.2. The smallest absolute Gasteiger partial charge is 0.370 e. The van der Waals surface area contributed by atoms with Gasteiger partial charge in [0.1, 0.15) is 5.69 Å². The van der Waals surface area contributed by atoms with Gasteiger partial charge in [0, 0.05) is 63.3 Å². The maximum absolute atomic E-state index is 13.1. The standard InChI is InChI=1S/C30H37F3N10O/c1-20-28(15-23(17-38-20)39-29(44)27-14-22(3-6-37-27)30(31,32)33)43(35)19-26(34)21-13-25(18-36-16-21)41-7-4-24(5-8-41)42-11-9-40(2)10-12-42/h3,6,13-18,24,34H,4-5,7-12,19,35H2,1-2H3,(H,39,44). The highest BCUT2D eigenvalue weighted by molar-refractivity contribution is 6.03. The van der Waals surface area contributed by atoms with Crippen molar-refractivity contribution in [2.45, 2.75) is 32.0 Å². The van der Waals surface area contributed by atoms with Gasteiger partial charge in [-0.25, -0.2) is 5.84 Å². The molecule has 0 bridgehead atoms. The Hall–Kier alpha value is -4.14. The van der Waals surface area contributed by atoms with E-state index in [4.69, 9.17) is 11.3 Å². The van der Waals surface area contributed by atoms with E-state index in [-0.39, 0.29) is 23.6 Å². The van der Waals surface area contributed by atoms with Crippen LogP contribution in [0.15, 0.2) is 49.1 Å². The summed E-state index contributed by atoms with van der Waals surface area (Å²) in [5.41, 5.74) is 1.72. The molecule has 0 radical (unpaired) electrons. The predicted octanol–water partition coefficient (Wildman–Crippen LogP) is 3.42. The lowest BCUT2D eigenvalue weighted by Crippen LogP contribution is -2.52. The minimum atomic E-state index is -4.60. The van der Waals surface area contributed by atoms with Gasteiger partial charge < -0.3 is 25.5 Å². The number of hydrogen-bond donors (Lipinski definition) is 3. The minimum absolute atomic E-state index is 0.0334. The number of rotatable bonds is 8. The molecular formula is C30H37F3N10O. The number of carbonyl (C=O) groups excluding carboxylic acids is 1. The number of hydrazine groups is 1. The first-order valence-corrected chi connectivity index (χ1v) is 14.5. The lowest BCUT2D eigenvalue weighted by atomic mass is 10.0. The van der Waals surface area contributed by atoms with Crippen molar-refractivity contribution < 1.29 is 18.0 Å². The van der Waals surface area contributed by atoms with Crippen LogP contribution in [0.25, 0.3) is 0 Å². The lowest BCUT2D eigenvalue weighted by molar-refractivity contribution is -0.137. The topological polar surface area (TPSA) is 131 Å². The predicted molar refractivity (Wildman–Crippen MR) is 163 cm³/mol. The number of aromatic nitrogens is 3. The number of amides is 1. The molecular weight excluding hydrogens is 573 g/mol. The summed E-state index contributed by atoms with van der Waals surface area (Å²) in [6.45, 7) is 8.06. The van der Waals surface area contributed by atoms with Crippen molar-refractivity contribution in [3.05, 3.63) is 71.6 Å². The van der Waals surface area contributed by atoms with Crippen molar-refractivity contribution in [1.82, 2.24) is 24.8 Å². The molecule has 0 aliphatic carbocycles. The van der Waals surface area contributed by atoms with Gasteiger partial charge in [0.2, 0.25) is 0 Å². The van der Waals surface area contributed by atoms with E-state index in [9.17, 15) is 18.0 Å². The van der Waals surface area contributed by atoms with Gasteiger partial charge in [-0.15, -0.1) is 0 Å². The van der Waals surface area contributed by atoms with E-state index < -0.39 is 17.6 Å². The van der Waals surface area contributed by atoms with Crippen LogP contribution in [0.5, 0.6) is 0 Å². The van der Waals surface area contributed by atoms with Gasteiger partial charge >= 0.3 is 6.18 Å². The zero-order valence-corrected chi connectivity index (χ0v) is 24.8. The largest absolute Gasteiger partial charge is 0.416 e. The second kappa shape index (κ2) is 13.2. The number of nitrogens with one attached hydrogen (secondary N) is 2. The minimum Gasteiger partial charge on any atom is -0.370 e. The number of nitrogens with two attached hydrogens (primary N) is 1. The first-order chi connectivity index (χ1) is 21.0. The summed E-state index contributed by atoms with van der Waals surface area (Å²) in [6.07, 6.45) is 3.36. The van der Waals surface area contributed by atoms with E-state index >= 15 is 0 Å². The molecule has 3 aromatic heterocycles. The molecule has 44 heavy (non-hydrogen) atoms. The number of carbonyl (C=O) groups is 1. The Kier molecular flexibility index (Phi) is 9.42. The van der Waals surface area contributed by atoms with Crippen LogP contribution in [-0.4, -0.2) is 95.3 Å². The molecule has 14 heteroatoms. The molecule has 1 amide bonds. The van der Waals surface area contributed by atoms with Crippen LogP contribution in [0, 0.1) is 12.3 Å². The molecule has 5 heterocycles. The normalized spacial score (nSPS) is 17.0. The highest BCUT2D eigenvalue weighted by Crippen LogP contribution is 2.29. The van der Waals surface area contributed by atoms with Crippen molar-refractivity contribution >= 4 is 28.7 Å². The van der Waals surface area contributed by atoms with Gasteiger partial charge in [-0.1, -0.05) is 0 Å². The van der Waals surface area contributed by atoms with Crippen molar-refractivity contribution in [1.29, 1.82) is 5.41 Å². The molecule has 2 aliphatic heterocycles. The van der Waals surface area contributed by atoms with Gasteiger partial charge in [-0.3, -0.25) is 24.6 Å². The van der Waals surface area contributed by atoms with Crippen molar-refractivity contribution in [3.8, 4) is 0 Å². The van der Waals surface area contributed by atoms with E-state index in [0.717, 1.165) is 70.1 Å². The molecule has 2 saturated heterocycles. The summed E-state index contributed by atoms with van der Waals surface area (Å²) in [4.78, 5) is 32.4. The highest BCUT2D eigenvalue weighted by Gasteiger charge is 2.31. The zero-order valence-electron chi connectivity index (χ0n) is 24.8. The number of aryl methyl sites for hydroxylation is 1. The second-order valence-corrected chi connectivity index (χ2v) is 11.3. The van der Waals surface area contributed by atoms with Crippen molar-refractivity contribution in [2.75, 3.05) is 68.1 Å². The molecule has 5 rings (SSSR count). The van der Waals surface area contributed by atoms with Gasteiger partial charge in [0.05, 0.1) is 53.0 Å². The molecule has 0 spiro atoms. The van der Waals surface area contributed by atoms with Crippen molar-refractivity contribution in [3.63, 3.8) is 0 Å². The van der Waals surface area contributed by atoms with Gasteiger partial charge in [0.25, 0.3) is 5.91 Å². The van der Waals surface area contributed by atoms with Crippen LogP contribution >= 0.6 is 0 Å². The fourth-order valence-electron chi connectivity index (χ4n) is 5.60. The number of piperidine rings is 1. The van der Waals surface area contributed by atoms with E-state index in [1.807, 2.05) is 12.3 Å². The Bertz CT molecular complexity index is 1480. The van der Waals surface area contributed by atoms with Gasteiger partial charge in [0.15, 0.2) is 0 Å². The highest BCUT2D eigenvalue weighted by atomic mass is 19.4. The van der Waals surface area contributed by atoms with Crippen molar-refractivity contribution in [2.24, 2.45) is 5.84 Å². The third-order valence-electron chi connectivity index (χ3n) is 8.23. The molecule has 2 fully saturated rings. The number of anilines is 3. The van der Waals surface area contributed by atoms with Crippen LogP contribution in [0.3, 0.4) is 0 Å². The molecule has 2 aliphatic rings.